The Bertz CT molecular complexity index is 582. The van der Waals surface area contributed by atoms with Gasteiger partial charge in [-0.05, 0) is 37.1 Å². The molecule has 19 heavy (non-hydrogen) atoms. The zero-order valence-corrected chi connectivity index (χ0v) is 11.0. The number of likely N-dealkylation sites (tertiary alicyclic amines) is 1. The van der Waals surface area contributed by atoms with Crippen LogP contribution in [0.3, 0.4) is 0 Å². The van der Waals surface area contributed by atoms with E-state index in [-0.39, 0.29) is 5.91 Å². The Morgan fingerprint density at radius 2 is 2.11 bits per heavy atom. The molecule has 100 valence electrons. The van der Waals surface area contributed by atoms with Crippen molar-refractivity contribution in [2.24, 2.45) is 0 Å². The molecule has 4 heteroatoms. The number of hydrogen-bond acceptors (Lipinski definition) is 3. The molecule has 0 aliphatic carbocycles. The fraction of sp³-hybridized carbons (Fsp3) is 0.400. The van der Waals surface area contributed by atoms with Crippen LogP contribution in [-0.2, 0) is 4.74 Å². The molecule has 3 rings (SSSR count). The number of rotatable bonds is 2. The first kappa shape index (κ1) is 12.2. The lowest BCUT2D eigenvalue weighted by molar-refractivity contribution is 0.0351. The van der Waals surface area contributed by atoms with Crippen molar-refractivity contribution in [3.05, 3.63) is 36.1 Å². The molecule has 1 aromatic carbocycles. The van der Waals surface area contributed by atoms with Crippen molar-refractivity contribution in [2.75, 3.05) is 20.2 Å². The average Bonchev–Trinajstić information content (AvgIpc) is 2.94. The zero-order valence-electron chi connectivity index (χ0n) is 11.0. The van der Waals surface area contributed by atoms with Gasteiger partial charge in [-0.15, -0.1) is 0 Å². The molecule has 1 aromatic heterocycles. The van der Waals surface area contributed by atoms with Crippen LogP contribution in [0.4, 0.5) is 0 Å². The summed E-state index contributed by atoms with van der Waals surface area (Å²) in [5.74, 6) is 0.0950. The second-order valence-corrected chi connectivity index (χ2v) is 4.90. The third-order valence-corrected chi connectivity index (χ3v) is 3.76. The van der Waals surface area contributed by atoms with Gasteiger partial charge in [0.25, 0.3) is 5.91 Å². The normalized spacial score (nSPS) is 17.0. The number of piperidine rings is 1. The van der Waals surface area contributed by atoms with Crippen molar-refractivity contribution >= 4 is 16.9 Å². The number of furan rings is 1. The highest BCUT2D eigenvalue weighted by Crippen LogP contribution is 2.20. The van der Waals surface area contributed by atoms with E-state index in [0.29, 0.717) is 6.10 Å². The minimum atomic E-state index is 0.0950. The number of carbonyl (C=O) groups is 1. The molecule has 0 unspecified atom stereocenters. The van der Waals surface area contributed by atoms with Crippen LogP contribution in [0, 0.1) is 0 Å². The summed E-state index contributed by atoms with van der Waals surface area (Å²) in [6.07, 6.45) is 3.76. The largest absolute Gasteiger partial charge is 0.464 e. The summed E-state index contributed by atoms with van der Waals surface area (Å²) in [4.78, 5) is 14.3. The summed E-state index contributed by atoms with van der Waals surface area (Å²) in [7, 11) is 1.73. The Hall–Kier alpha value is -1.81. The highest BCUT2D eigenvalue weighted by Gasteiger charge is 2.23. The summed E-state index contributed by atoms with van der Waals surface area (Å²) >= 11 is 0. The first-order valence-corrected chi connectivity index (χ1v) is 6.57. The molecule has 0 atom stereocenters. The van der Waals surface area contributed by atoms with Crippen molar-refractivity contribution in [1.82, 2.24) is 4.90 Å². The maximum Gasteiger partial charge on any atom is 0.253 e. The van der Waals surface area contributed by atoms with E-state index >= 15 is 0 Å². The van der Waals surface area contributed by atoms with E-state index in [1.165, 1.54) is 0 Å². The molecule has 2 aromatic rings. The second kappa shape index (κ2) is 5.05. The van der Waals surface area contributed by atoms with Crippen LogP contribution in [0.25, 0.3) is 11.0 Å². The fourth-order valence-electron chi connectivity index (χ4n) is 2.58. The third-order valence-electron chi connectivity index (χ3n) is 3.76. The van der Waals surface area contributed by atoms with E-state index < -0.39 is 0 Å². The predicted octanol–water partition coefficient (Wildman–Crippen LogP) is 2.68. The van der Waals surface area contributed by atoms with E-state index in [0.717, 1.165) is 42.5 Å². The molecule has 1 saturated heterocycles. The van der Waals surface area contributed by atoms with E-state index in [9.17, 15) is 4.79 Å². The number of fused-ring (bicyclic) bond motifs is 1. The van der Waals surface area contributed by atoms with Crippen LogP contribution >= 0.6 is 0 Å². The van der Waals surface area contributed by atoms with Gasteiger partial charge in [0, 0.05) is 31.1 Å². The maximum absolute atomic E-state index is 12.4. The van der Waals surface area contributed by atoms with Gasteiger partial charge in [-0.25, -0.2) is 0 Å². The van der Waals surface area contributed by atoms with Crippen molar-refractivity contribution in [3.8, 4) is 0 Å². The molecule has 0 saturated carbocycles. The first-order chi connectivity index (χ1) is 9.28. The maximum atomic E-state index is 12.4. The highest BCUT2D eigenvalue weighted by molar-refractivity contribution is 5.97. The molecule has 2 heterocycles. The summed E-state index contributed by atoms with van der Waals surface area (Å²) in [5.41, 5.74) is 1.54. The number of hydrogen-bond donors (Lipinski definition) is 0. The minimum absolute atomic E-state index is 0.0950. The quantitative estimate of drug-likeness (QED) is 0.832. The van der Waals surface area contributed by atoms with Gasteiger partial charge in [-0.1, -0.05) is 0 Å². The van der Waals surface area contributed by atoms with Crippen LogP contribution in [0.15, 0.2) is 34.9 Å². The Morgan fingerprint density at radius 3 is 2.84 bits per heavy atom. The van der Waals surface area contributed by atoms with Gasteiger partial charge in [0.1, 0.15) is 5.58 Å². The van der Waals surface area contributed by atoms with Crippen LogP contribution in [0.2, 0.25) is 0 Å². The number of carbonyl (C=O) groups excluding carboxylic acids is 1. The Labute approximate surface area is 111 Å². The third kappa shape index (κ3) is 2.36. The summed E-state index contributed by atoms with van der Waals surface area (Å²) in [6, 6.07) is 7.45. The topological polar surface area (TPSA) is 42.7 Å². The number of methoxy groups -OCH3 is 1. The van der Waals surface area contributed by atoms with Gasteiger partial charge in [0.05, 0.1) is 12.4 Å². The standard InChI is InChI=1S/C15H17NO3/c1-18-13-4-7-16(8-5-13)15(17)12-2-3-14-11(10-12)6-9-19-14/h2-3,6,9-10,13H,4-5,7-8H2,1H3. The number of benzene rings is 1. The van der Waals surface area contributed by atoms with E-state index in [4.69, 9.17) is 9.15 Å². The molecule has 0 radical (unpaired) electrons. The Balaban J connectivity index is 1.76. The van der Waals surface area contributed by atoms with Crippen LogP contribution < -0.4 is 0 Å². The van der Waals surface area contributed by atoms with Gasteiger partial charge < -0.3 is 14.1 Å². The second-order valence-electron chi connectivity index (χ2n) is 4.90. The highest BCUT2D eigenvalue weighted by atomic mass is 16.5. The lowest BCUT2D eigenvalue weighted by atomic mass is 10.1. The first-order valence-electron chi connectivity index (χ1n) is 6.57. The van der Waals surface area contributed by atoms with Crippen LogP contribution in [0.1, 0.15) is 23.2 Å². The summed E-state index contributed by atoms with van der Waals surface area (Å²) < 4.78 is 10.6. The molecule has 1 aliphatic rings. The zero-order chi connectivity index (χ0) is 13.2. The molecule has 0 spiro atoms. The number of nitrogens with zero attached hydrogens (tertiary/aromatic N) is 1. The monoisotopic (exact) mass is 259 g/mol. The van der Waals surface area contributed by atoms with E-state index in [2.05, 4.69) is 0 Å². The van der Waals surface area contributed by atoms with Gasteiger partial charge in [-0.3, -0.25) is 4.79 Å². The SMILES string of the molecule is COC1CCN(C(=O)c2ccc3occc3c2)CC1. The molecule has 1 fully saturated rings. The average molecular weight is 259 g/mol. The molecule has 1 amide bonds. The van der Waals surface area contributed by atoms with Crippen molar-refractivity contribution in [1.29, 1.82) is 0 Å². The minimum Gasteiger partial charge on any atom is -0.464 e. The Kier molecular flexibility index (Phi) is 3.25. The lowest BCUT2D eigenvalue weighted by Gasteiger charge is -2.31. The van der Waals surface area contributed by atoms with Crippen LogP contribution in [0.5, 0.6) is 0 Å². The van der Waals surface area contributed by atoms with Gasteiger partial charge >= 0.3 is 0 Å². The molecule has 4 nitrogen and oxygen atoms in total. The molecular formula is C15H17NO3. The molecule has 0 N–H and O–H groups in total. The van der Waals surface area contributed by atoms with Crippen LogP contribution in [-0.4, -0.2) is 37.1 Å². The summed E-state index contributed by atoms with van der Waals surface area (Å²) in [5, 5.41) is 0.970. The van der Waals surface area contributed by atoms with Crippen molar-refractivity contribution in [3.63, 3.8) is 0 Å². The van der Waals surface area contributed by atoms with E-state index in [1.54, 1.807) is 13.4 Å². The van der Waals surface area contributed by atoms with Crippen molar-refractivity contribution in [2.45, 2.75) is 18.9 Å². The number of amides is 1. The van der Waals surface area contributed by atoms with E-state index in [1.807, 2.05) is 29.2 Å². The summed E-state index contributed by atoms with van der Waals surface area (Å²) in [6.45, 7) is 1.53. The van der Waals surface area contributed by atoms with Gasteiger partial charge in [0.2, 0.25) is 0 Å². The Morgan fingerprint density at radius 1 is 1.32 bits per heavy atom. The van der Waals surface area contributed by atoms with Crippen molar-refractivity contribution < 1.29 is 13.9 Å². The fourth-order valence-corrected chi connectivity index (χ4v) is 2.58. The van der Waals surface area contributed by atoms with Gasteiger partial charge in [-0.2, -0.15) is 0 Å². The smallest absolute Gasteiger partial charge is 0.253 e. The molecular weight excluding hydrogens is 242 g/mol. The molecule has 0 bridgehead atoms. The van der Waals surface area contributed by atoms with Gasteiger partial charge in [0.15, 0.2) is 0 Å². The number of ether oxygens (including phenoxy) is 1. The lowest BCUT2D eigenvalue weighted by Crippen LogP contribution is -2.40. The predicted molar refractivity (Wildman–Crippen MR) is 72.1 cm³/mol. The molecule has 1 aliphatic heterocycles.